The first-order valence-electron chi connectivity index (χ1n) is 7.45. The maximum atomic E-state index is 11.4. The van der Waals surface area contributed by atoms with Crippen LogP contribution >= 0.6 is 15.9 Å². The molecule has 1 aliphatic heterocycles. The Morgan fingerprint density at radius 3 is 2.86 bits per heavy atom. The molecule has 5 nitrogen and oxygen atoms in total. The quantitative estimate of drug-likeness (QED) is 0.773. The zero-order chi connectivity index (χ0) is 14.8. The van der Waals surface area contributed by atoms with E-state index >= 15 is 0 Å². The average molecular weight is 354 g/mol. The highest BCUT2D eigenvalue weighted by Gasteiger charge is 2.28. The van der Waals surface area contributed by atoms with Gasteiger partial charge in [0.05, 0.1) is 23.2 Å². The Morgan fingerprint density at radius 2 is 2.19 bits per heavy atom. The van der Waals surface area contributed by atoms with Gasteiger partial charge in [-0.1, -0.05) is 22.9 Å². The van der Waals surface area contributed by atoms with Crippen molar-refractivity contribution in [3.63, 3.8) is 0 Å². The van der Waals surface area contributed by atoms with Crippen molar-refractivity contribution in [3.8, 4) is 0 Å². The summed E-state index contributed by atoms with van der Waals surface area (Å²) in [5, 5.41) is 3.58. The van der Waals surface area contributed by atoms with Gasteiger partial charge in [0, 0.05) is 11.1 Å². The van der Waals surface area contributed by atoms with Gasteiger partial charge >= 0.3 is 5.69 Å². The first-order valence-corrected chi connectivity index (χ1v) is 8.24. The normalized spacial score (nSPS) is 20.2. The van der Waals surface area contributed by atoms with Crippen molar-refractivity contribution in [2.75, 3.05) is 13.2 Å². The molecule has 6 heteroatoms. The van der Waals surface area contributed by atoms with E-state index in [0.29, 0.717) is 0 Å². The number of halogens is 1. The van der Waals surface area contributed by atoms with E-state index in [2.05, 4.69) is 38.1 Å². The van der Waals surface area contributed by atoms with E-state index in [1.54, 1.807) is 0 Å². The molecular weight excluding hydrogens is 334 g/mol. The van der Waals surface area contributed by atoms with Crippen molar-refractivity contribution in [2.45, 2.75) is 38.3 Å². The molecule has 0 amide bonds. The van der Waals surface area contributed by atoms with Crippen molar-refractivity contribution in [1.29, 1.82) is 0 Å². The summed E-state index contributed by atoms with van der Waals surface area (Å²) in [6.07, 6.45) is 3.44. The van der Waals surface area contributed by atoms with Gasteiger partial charge in [0.15, 0.2) is 0 Å². The Bertz CT molecular complexity index is 673. The van der Waals surface area contributed by atoms with Crippen LogP contribution in [0.3, 0.4) is 0 Å². The van der Waals surface area contributed by atoms with E-state index in [1.165, 1.54) is 0 Å². The Hall–Kier alpha value is -1.11. The van der Waals surface area contributed by atoms with E-state index in [-0.39, 0.29) is 17.8 Å². The molecule has 3 rings (SSSR count). The van der Waals surface area contributed by atoms with E-state index in [1.807, 2.05) is 12.1 Å². The van der Waals surface area contributed by atoms with E-state index in [4.69, 9.17) is 4.74 Å². The summed E-state index contributed by atoms with van der Waals surface area (Å²) in [4.78, 5) is 17.1. The molecule has 114 valence electrons. The van der Waals surface area contributed by atoms with Crippen LogP contribution in [0.25, 0.3) is 11.0 Å². The lowest BCUT2D eigenvalue weighted by Crippen LogP contribution is -2.32. The fourth-order valence-electron chi connectivity index (χ4n) is 2.92. The van der Waals surface area contributed by atoms with Crippen LogP contribution in [0.4, 0.5) is 0 Å². The van der Waals surface area contributed by atoms with Gasteiger partial charge in [-0.2, -0.15) is 0 Å². The monoisotopic (exact) mass is 353 g/mol. The number of rotatable bonds is 5. The highest BCUT2D eigenvalue weighted by atomic mass is 79.9. The molecule has 21 heavy (non-hydrogen) atoms. The number of hydrogen-bond donors (Lipinski definition) is 3. The minimum Gasteiger partial charge on any atom is -0.376 e. The first-order chi connectivity index (χ1) is 10.2. The van der Waals surface area contributed by atoms with Crippen LogP contribution < -0.4 is 11.0 Å². The fourth-order valence-corrected chi connectivity index (χ4v) is 3.51. The SMILES string of the molecule is CCCNC(c1cc2[nH]c(=O)[nH]c2cc1Br)C1CCCO1. The van der Waals surface area contributed by atoms with E-state index < -0.39 is 0 Å². The van der Waals surface area contributed by atoms with Crippen LogP contribution in [-0.2, 0) is 4.74 Å². The zero-order valence-electron chi connectivity index (χ0n) is 12.0. The molecule has 1 fully saturated rings. The summed E-state index contributed by atoms with van der Waals surface area (Å²) in [7, 11) is 0. The molecule has 2 heterocycles. The molecule has 0 spiro atoms. The molecule has 1 saturated heterocycles. The van der Waals surface area contributed by atoms with Crippen molar-refractivity contribution in [3.05, 3.63) is 32.7 Å². The minimum absolute atomic E-state index is 0.143. The number of aromatic nitrogens is 2. The highest BCUT2D eigenvalue weighted by molar-refractivity contribution is 9.10. The predicted molar refractivity (Wildman–Crippen MR) is 86.6 cm³/mol. The van der Waals surface area contributed by atoms with Crippen LogP contribution in [0.15, 0.2) is 21.4 Å². The van der Waals surface area contributed by atoms with Gasteiger partial charge in [0.25, 0.3) is 0 Å². The summed E-state index contributed by atoms with van der Waals surface area (Å²) in [5.74, 6) is 0. The van der Waals surface area contributed by atoms with Crippen molar-refractivity contribution in [2.24, 2.45) is 0 Å². The lowest BCUT2D eigenvalue weighted by molar-refractivity contribution is 0.0781. The molecule has 0 aliphatic carbocycles. The summed E-state index contributed by atoms with van der Waals surface area (Å²) >= 11 is 3.63. The van der Waals surface area contributed by atoms with Crippen molar-refractivity contribution in [1.82, 2.24) is 15.3 Å². The number of aromatic amines is 2. The number of H-pyrrole nitrogens is 2. The maximum absolute atomic E-state index is 11.4. The third-order valence-corrected chi connectivity index (χ3v) is 4.61. The van der Waals surface area contributed by atoms with Crippen LogP contribution in [0, 0.1) is 0 Å². The molecule has 1 aliphatic rings. The maximum Gasteiger partial charge on any atom is 0.323 e. The minimum atomic E-state index is -0.177. The smallest absolute Gasteiger partial charge is 0.323 e. The molecule has 1 aromatic heterocycles. The van der Waals surface area contributed by atoms with Crippen LogP contribution in [0.1, 0.15) is 37.8 Å². The second-order valence-corrected chi connectivity index (χ2v) is 6.34. The second-order valence-electron chi connectivity index (χ2n) is 5.48. The van der Waals surface area contributed by atoms with Crippen molar-refractivity contribution < 1.29 is 4.74 Å². The number of nitrogens with one attached hydrogen (secondary N) is 3. The number of fused-ring (bicyclic) bond motifs is 1. The molecule has 2 unspecified atom stereocenters. The lowest BCUT2D eigenvalue weighted by Gasteiger charge is -2.25. The largest absolute Gasteiger partial charge is 0.376 e. The molecule has 3 N–H and O–H groups in total. The third-order valence-electron chi connectivity index (χ3n) is 3.92. The first kappa shape index (κ1) is 14.8. The zero-order valence-corrected chi connectivity index (χ0v) is 13.6. The number of benzene rings is 1. The average Bonchev–Trinajstić information content (AvgIpc) is 3.08. The van der Waals surface area contributed by atoms with Gasteiger partial charge in [0.2, 0.25) is 0 Å². The Balaban J connectivity index is 2.00. The Morgan fingerprint density at radius 1 is 1.43 bits per heavy atom. The third kappa shape index (κ3) is 3.07. The lowest BCUT2D eigenvalue weighted by atomic mass is 9.98. The number of imidazole rings is 1. The van der Waals surface area contributed by atoms with Crippen LogP contribution in [0.5, 0.6) is 0 Å². The summed E-state index contributed by atoms with van der Waals surface area (Å²) in [6, 6.07) is 4.13. The van der Waals surface area contributed by atoms with Crippen molar-refractivity contribution >= 4 is 27.0 Å². The standard InChI is InChI=1S/C15H20BrN3O2/c1-2-5-17-14(13-4-3-6-21-13)9-7-11-12(8-10(9)16)19-15(20)18-11/h7-8,13-14,17H,2-6H2,1H3,(H2,18,19,20). The van der Waals surface area contributed by atoms with E-state index in [0.717, 1.165) is 53.5 Å². The van der Waals surface area contributed by atoms with Gasteiger partial charge in [0.1, 0.15) is 0 Å². The molecule has 2 atom stereocenters. The topological polar surface area (TPSA) is 69.9 Å². The Labute approximate surface area is 131 Å². The molecule has 1 aromatic carbocycles. The van der Waals surface area contributed by atoms with E-state index in [9.17, 15) is 4.79 Å². The second kappa shape index (κ2) is 6.34. The molecule has 0 saturated carbocycles. The van der Waals surface area contributed by atoms with Gasteiger partial charge < -0.3 is 20.0 Å². The summed E-state index contributed by atoms with van der Waals surface area (Å²) in [5.41, 5.74) is 2.61. The Kier molecular flexibility index (Phi) is 4.47. The highest BCUT2D eigenvalue weighted by Crippen LogP contribution is 2.33. The predicted octanol–water partition coefficient (Wildman–Crippen LogP) is 2.84. The van der Waals surface area contributed by atoms with Crippen LogP contribution in [0.2, 0.25) is 0 Å². The summed E-state index contributed by atoms with van der Waals surface area (Å²) < 4.78 is 6.87. The molecule has 0 bridgehead atoms. The van der Waals surface area contributed by atoms with Gasteiger partial charge in [-0.05, 0) is 43.5 Å². The van der Waals surface area contributed by atoms with Gasteiger partial charge in [-0.15, -0.1) is 0 Å². The molecule has 2 aromatic rings. The van der Waals surface area contributed by atoms with Crippen LogP contribution in [-0.4, -0.2) is 29.2 Å². The number of hydrogen-bond acceptors (Lipinski definition) is 3. The summed E-state index contributed by atoms with van der Waals surface area (Å²) in [6.45, 7) is 3.93. The van der Waals surface area contributed by atoms with Gasteiger partial charge in [-0.25, -0.2) is 4.79 Å². The van der Waals surface area contributed by atoms with Gasteiger partial charge in [-0.3, -0.25) is 0 Å². The fraction of sp³-hybridized carbons (Fsp3) is 0.533. The number of ether oxygens (including phenoxy) is 1. The molecular formula is C15H20BrN3O2. The molecule has 0 radical (unpaired) electrons.